The summed E-state index contributed by atoms with van der Waals surface area (Å²) in [7, 11) is 0. The van der Waals surface area contributed by atoms with Gasteiger partial charge in [-0.15, -0.1) is 0 Å². The highest BCUT2D eigenvalue weighted by atomic mass is 16.6. The highest BCUT2D eigenvalue weighted by Crippen LogP contribution is 2.21. The SMILES string of the molecule is CC(Oc1ccc2ccccc2c1)C(=O)NNC(=O)/C=C/c1cccc([N+](=O)[O-])c1. The van der Waals surface area contributed by atoms with Gasteiger partial charge >= 0.3 is 0 Å². The number of hydrazine groups is 1. The summed E-state index contributed by atoms with van der Waals surface area (Å²) in [6.07, 6.45) is 1.73. The number of carbonyl (C=O) groups excluding carboxylic acids is 2. The van der Waals surface area contributed by atoms with Gasteiger partial charge in [0.1, 0.15) is 5.75 Å². The second kappa shape index (κ2) is 9.33. The van der Waals surface area contributed by atoms with Crippen molar-refractivity contribution in [1.82, 2.24) is 10.9 Å². The van der Waals surface area contributed by atoms with Crippen molar-refractivity contribution in [1.29, 1.82) is 0 Å². The first-order chi connectivity index (χ1) is 14.4. The van der Waals surface area contributed by atoms with Crippen LogP contribution in [0.15, 0.2) is 72.8 Å². The van der Waals surface area contributed by atoms with Gasteiger partial charge in [-0.3, -0.25) is 30.6 Å². The molecule has 8 heteroatoms. The average Bonchev–Trinajstić information content (AvgIpc) is 2.76. The number of carbonyl (C=O) groups is 2. The minimum absolute atomic E-state index is 0.0782. The van der Waals surface area contributed by atoms with Gasteiger partial charge in [0.2, 0.25) is 0 Å². The molecule has 0 radical (unpaired) electrons. The van der Waals surface area contributed by atoms with E-state index < -0.39 is 22.8 Å². The minimum Gasteiger partial charge on any atom is -0.481 e. The normalized spacial score (nSPS) is 11.8. The number of rotatable bonds is 6. The molecule has 0 saturated carbocycles. The number of ether oxygens (including phenoxy) is 1. The van der Waals surface area contributed by atoms with Gasteiger partial charge in [-0.05, 0) is 41.5 Å². The molecule has 1 unspecified atom stereocenters. The van der Waals surface area contributed by atoms with E-state index in [4.69, 9.17) is 4.74 Å². The van der Waals surface area contributed by atoms with Crippen LogP contribution < -0.4 is 15.6 Å². The molecule has 0 aliphatic carbocycles. The molecular formula is C22H19N3O5. The van der Waals surface area contributed by atoms with Gasteiger partial charge in [0.15, 0.2) is 6.10 Å². The van der Waals surface area contributed by atoms with Gasteiger partial charge in [-0.2, -0.15) is 0 Å². The van der Waals surface area contributed by atoms with Gasteiger partial charge in [0, 0.05) is 18.2 Å². The van der Waals surface area contributed by atoms with Crippen LogP contribution in [0.1, 0.15) is 12.5 Å². The Morgan fingerprint density at radius 3 is 2.53 bits per heavy atom. The summed E-state index contributed by atoms with van der Waals surface area (Å²) in [6.45, 7) is 1.57. The van der Waals surface area contributed by atoms with E-state index in [1.54, 1.807) is 19.1 Å². The van der Waals surface area contributed by atoms with E-state index in [9.17, 15) is 19.7 Å². The van der Waals surface area contributed by atoms with E-state index in [2.05, 4.69) is 10.9 Å². The van der Waals surface area contributed by atoms with Gasteiger partial charge < -0.3 is 4.74 Å². The minimum atomic E-state index is -0.841. The lowest BCUT2D eigenvalue weighted by atomic mass is 10.1. The standard InChI is InChI=1S/C22H19N3O5/c1-15(30-20-11-10-17-6-2-3-7-18(17)14-20)22(27)24-23-21(26)12-9-16-5-4-8-19(13-16)25(28)29/h2-15H,1H3,(H,23,26)(H,24,27)/b12-9+. The first-order valence-corrected chi connectivity index (χ1v) is 9.10. The first-order valence-electron chi connectivity index (χ1n) is 9.10. The predicted molar refractivity (Wildman–Crippen MR) is 112 cm³/mol. The zero-order valence-corrected chi connectivity index (χ0v) is 16.1. The van der Waals surface area contributed by atoms with Gasteiger partial charge in [-0.1, -0.05) is 42.5 Å². The zero-order chi connectivity index (χ0) is 21.5. The van der Waals surface area contributed by atoms with Crippen LogP contribution in [0.5, 0.6) is 5.75 Å². The highest BCUT2D eigenvalue weighted by Gasteiger charge is 2.15. The molecule has 3 aromatic rings. The van der Waals surface area contributed by atoms with E-state index in [1.165, 1.54) is 24.3 Å². The van der Waals surface area contributed by atoms with Crippen molar-refractivity contribution in [2.75, 3.05) is 0 Å². The molecule has 0 aliphatic heterocycles. The molecule has 0 bridgehead atoms. The fourth-order valence-corrected chi connectivity index (χ4v) is 2.68. The van der Waals surface area contributed by atoms with Crippen LogP contribution in [0, 0.1) is 10.1 Å². The van der Waals surface area contributed by atoms with Crippen molar-refractivity contribution in [3.63, 3.8) is 0 Å². The summed E-state index contributed by atoms with van der Waals surface area (Å²) in [4.78, 5) is 34.3. The molecular weight excluding hydrogens is 386 g/mol. The predicted octanol–water partition coefficient (Wildman–Crippen LogP) is 3.38. The molecule has 1 atom stereocenters. The van der Waals surface area contributed by atoms with Crippen LogP contribution in [0.2, 0.25) is 0 Å². The fraction of sp³-hybridized carbons (Fsp3) is 0.0909. The van der Waals surface area contributed by atoms with Crippen molar-refractivity contribution in [3.8, 4) is 5.75 Å². The molecule has 0 spiro atoms. The lowest BCUT2D eigenvalue weighted by Crippen LogP contribution is -2.46. The van der Waals surface area contributed by atoms with E-state index in [1.807, 2.05) is 36.4 Å². The maximum atomic E-state index is 12.2. The number of nitro benzene ring substituents is 1. The van der Waals surface area contributed by atoms with E-state index in [-0.39, 0.29) is 5.69 Å². The largest absolute Gasteiger partial charge is 0.481 e. The number of nitrogens with one attached hydrogen (secondary N) is 2. The first kappa shape index (κ1) is 20.5. The highest BCUT2D eigenvalue weighted by molar-refractivity contribution is 5.93. The van der Waals surface area contributed by atoms with E-state index in [0.29, 0.717) is 11.3 Å². The van der Waals surface area contributed by atoms with E-state index in [0.717, 1.165) is 16.8 Å². The van der Waals surface area contributed by atoms with Gasteiger partial charge in [0.25, 0.3) is 17.5 Å². The summed E-state index contributed by atoms with van der Waals surface area (Å²) in [5.74, 6) is -0.582. The Morgan fingerprint density at radius 2 is 1.77 bits per heavy atom. The fourth-order valence-electron chi connectivity index (χ4n) is 2.68. The lowest BCUT2D eigenvalue weighted by molar-refractivity contribution is -0.384. The Balaban J connectivity index is 1.51. The molecule has 0 aliphatic rings. The number of hydrogen-bond acceptors (Lipinski definition) is 5. The second-order valence-electron chi connectivity index (χ2n) is 6.43. The Morgan fingerprint density at radius 1 is 1.00 bits per heavy atom. The number of fused-ring (bicyclic) bond motifs is 1. The molecule has 2 amide bonds. The van der Waals surface area contributed by atoms with E-state index >= 15 is 0 Å². The maximum absolute atomic E-state index is 12.2. The molecule has 3 rings (SSSR count). The quantitative estimate of drug-likeness (QED) is 0.371. The number of nitro groups is 1. The average molecular weight is 405 g/mol. The molecule has 0 aromatic heterocycles. The lowest BCUT2D eigenvalue weighted by Gasteiger charge is -2.15. The zero-order valence-electron chi connectivity index (χ0n) is 16.1. The number of benzene rings is 3. The maximum Gasteiger partial charge on any atom is 0.279 e. The van der Waals surface area contributed by atoms with Crippen molar-refractivity contribution in [3.05, 3.63) is 88.5 Å². The third-order valence-electron chi connectivity index (χ3n) is 4.22. The monoisotopic (exact) mass is 405 g/mol. The number of hydrogen-bond donors (Lipinski definition) is 2. The van der Waals surface area contributed by atoms with Crippen LogP contribution in [-0.4, -0.2) is 22.8 Å². The van der Waals surface area contributed by atoms with Crippen molar-refractivity contribution in [2.24, 2.45) is 0 Å². The molecule has 0 fully saturated rings. The third-order valence-corrected chi connectivity index (χ3v) is 4.22. The molecule has 152 valence electrons. The van der Waals surface area contributed by atoms with Crippen LogP contribution >= 0.6 is 0 Å². The van der Waals surface area contributed by atoms with Crippen molar-refractivity contribution in [2.45, 2.75) is 13.0 Å². The summed E-state index contributed by atoms with van der Waals surface area (Å²) < 4.78 is 5.64. The molecule has 2 N–H and O–H groups in total. The van der Waals surface area contributed by atoms with Crippen LogP contribution in [0.25, 0.3) is 16.8 Å². The Hall–Kier alpha value is -4.20. The molecule has 0 saturated heterocycles. The third kappa shape index (κ3) is 5.41. The molecule has 3 aromatic carbocycles. The second-order valence-corrected chi connectivity index (χ2v) is 6.43. The number of non-ortho nitro benzene ring substituents is 1. The number of nitrogens with zero attached hydrogens (tertiary/aromatic N) is 1. The summed E-state index contributed by atoms with van der Waals surface area (Å²) in [5, 5.41) is 12.8. The molecule has 30 heavy (non-hydrogen) atoms. The number of amides is 2. The summed E-state index contributed by atoms with van der Waals surface area (Å²) in [5.41, 5.74) is 4.94. The summed E-state index contributed by atoms with van der Waals surface area (Å²) >= 11 is 0. The van der Waals surface area contributed by atoms with Crippen molar-refractivity contribution >= 4 is 34.4 Å². The van der Waals surface area contributed by atoms with Crippen molar-refractivity contribution < 1.29 is 19.2 Å². The van der Waals surface area contributed by atoms with Crippen LogP contribution in [-0.2, 0) is 9.59 Å². The molecule has 8 nitrogen and oxygen atoms in total. The van der Waals surface area contributed by atoms with Crippen LogP contribution in [0.4, 0.5) is 5.69 Å². The topological polar surface area (TPSA) is 111 Å². The molecule has 0 heterocycles. The van der Waals surface area contributed by atoms with Crippen LogP contribution in [0.3, 0.4) is 0 Å². The summed E-state index contributed by atoms with van der Waals surface area (Å²) in [6, 6.07) is 19.1. The van der Waals surface area contributed by atoms with Gasteiger partial charge in [-0.25, -0.2) is 0 Å². The Kier molecular flexibility index (Phi) is 6.39. The smallest absolute Gasteiger partial charge is 0.279 e. The Bertz CT molecular complexity index is 1130. The Labute approximate surface area is 172 Å². The van der Waals surface area contributed by atoms with Gasteiger partial charge in [0.05, 0.1) is 4.92 Å².